The molecule has 0 bridgehead atoms. The van der Waals surface area contributed by atoms with Crippen LogP contribution in [0.15, 0.2) is 6.33 Å². The van der Waals surface area contributed by atoms with Gasteiger partial charge in [0.15, 0.2) is 17.2 Å². The fraction of sp³-hybridized carbons (Fsp3) is 0.333. The average Bonchev–Trinajstić information content (AvgIpc) is 2.92. The second-order valence-electron chi connectivity index (χ2n) is 4.08. The van der Waals surface area contributed by atoms with E-state index in [9.17, 15) is 0 Å². The zero-order valence-electron chi connectivity index (χ0n) is 10.8. The van der Waals surface area contributed by atoms with Crippen LogP contribution in [0.2, 0.25) is 0 Å². The van der Waals surface area contributed by atoms with E-state index in [1.165, 1.54) is 10.9 Å². The zero-order chi connectivity index (χ0) is 14.0. The van der Waals surface area contributed by atoms with Crippen LogP contribution in [0.3, 0.4) is 0 Å². The Hall–Kier alpha value is -2.80. The van der Waals surface area contributed by atoms with Crippen LogP contribution in [0.25, 0.3) is 5.82 Å². The summed E-state index contributed by atoms with van der Waals surface area (Å²) >= 11 is 0. The zero-order valence-corrected chi connectivity index (χ0v) is 10.8. The molecule has 0 saturated carbocycles. The van der Waals surface area contributed by atoms with Gasteiger partial charge in [-0.1, -0.05) is 6.92 Å². The Morgan fingerprint density at radius 3 is 2.68 bits per heavy atom. The van der Waals surface area contributed by atoms with Crippen molar-refractivity contribution in [2.24, 2.45) is 0 Å². The van der Waals surface area contributed by atoms with Crippen LogP contribution < -0.4 is 5.73 Å². The fourth-order valence-corrected chi connectivity index (χ4v) is 1.90. The first-order valence-electron chi connectivity index (χ1n) is 5.84. The predicted molar refractivity (Wildman–Crippen MR) is 68.2 cm³/mol. The van der Waals surface area contributed by atoms with Crippen molar-refractivity contribution in [2.75, 3.05) is 5.73 Å². The summed E-state index contributed by atoms with van der Waals surface area (Å²) in [6.07, 6.45) is 2.31. The minimum absolute atomic E-state index is 0.0869. The largest absolute Gasteiger partial charge is 0.394 e. The first-order chi connectivity index (χ1) is 9.13. The molecule has 7 heteroatoms. The topological polar surface area (TPSA) is 109 Å². The summed E-state index contributed by atoms with van der Waals surface area (Å²) in [6, 6.07) is 3.87. The lowest BCUT2D eigenvalue weighted by Gasteiger charge is -2.08. The van der Waals surface area contributed by atoms with Gasteiger partial charge in [-0.05, 0) is 13.3 Å². The third-order valence-electron chi connectivity index (χ3n) is 2.79. The molecule has 2 N–H and O–H groups in total. The van der Waals surface area contributed by atoms with Crippen molar-refractivity contribution in [3.63, 3.8) is 0 Å². The van der Waals surface area contributed by atoms with Gasteiger partial charge < -0.3 is 5.73 Å². The molecule has 0 atom stereocenters. The third-order valence-corrected chi connectivity index (χ3v) is 2.79. The molecule has 96 valence electrons. The van der Waals surface area contributed by atoms with Gasteiger partial charge in [-0.2, -0.15) is 15.6 Å². The number of nitrogen functional groups attached to an aromatic ring is 1. The quantitative estimate of drug-likeness (QED) is 0.883. The molecule has 0 unspecified atom stereocenters. The first kappa shape index (κ1) is 12.7. The Morgan fingerprint density at radius 1 is 1.37 bits per heavy atom. The maximum atomic E-state index is 9.17. The van der Waals surface area contributed by atoms with Crippen LogP contribution in [0.5, 0.6) is 0 Å². The molecule has 19 heavy (non-hydrogen) atoms. The number of hydrogen-bond donors (Lipinski definition) is 1. The van der Waals surface area contributed by atoms with E-state index in [0.29, 0.717) is 23.7 Å². The standard InChI is InChI=1S/C12H13N7/c1-3-4-19-12(11(15)8(2)17-19)18-7-16-9(5-13)10(18)6-14/h7H,3-4,15H2,1-2H3. The van der Waals surface area contributed by atoms with E-state index < -0.39 is 0 Å². The minimum atomic E-state index is 0.0869. The number of nitriles is 2. The van der Waals surface area contributed by atoms with Crippen molar-refractivity contribution < 1.29 is 0 Å². The molecule has 7 nitrogen and oxygen atoms in total. The van der Waals surface area contributed by atoms with E-state index in [4.69, 9.17) is 16.3 Å². The summed E-state index contributed by atoms with van der Waals surface area (Å²) in [5.74, 6) is 0.588. The van der Waals surface area contributed by atoms with Crippen molar-refractivity contribution >= 4 is 5.69 Å². The number of anilines is 1. The molecule has 0 fully saturated rings. The summed E-state index contributed by atoms with van der Waals surface area (Å²) < 4.78 is 3.25. The Labute approximate surface area is 110 Å². The van der Waals surface area contributed by atoms with Gasteiger partial charge in [0.25, 0.3) is 0 Å². The van der Waals surface area contributed by atoms with E-state index in [-0.39, 0.29) is 11.4 Å². The molecule has 0 aliphatic carbocycles. The maximum absolute atomic E-state index is 9.17. The van der Waals surface area contributed by atoms with Crippen molar-refractivity contribution in [1.29, 1.82) is 10.5 Å². The van der Waals surface area contributed by atoms with Gasteiger partial charge in [-0.15, -0.1) is 0 Å². The van der Waals surface area contributed by atoms with Gasteiger partial charge in [-0.25, -0.2) is 9.67 Å². The van der Waals surface area contributed by atoms with Crippen molar-refractivity contribution in [1.82, 2.24) is 19.3 Å². The Bertz CT molecular complexity index is 693. The third kappa shape index (κ3) is 1.91. The molecule has 0 saturated heterocycles. The second kappa shape index (κ2) is 4.83. The van der Waals surface area contributed by atoms with E-state index in [2.05, 4.69) is 10.1 Å². The van der Waals surface area contributed by atoms with Gasteiger partial charge in [0, 0.05) is 6.54 Å². The van der Waals surface area contributed by atoms with Crippen LogP contribution in [0, 0.1) is 29.6 Å². The number of nitrogens with zero attached hydrogens (tertiary/aromatic N) is 6. The predicted octanol–water partition coefficient (Wildman–Crippen LogP) is 1.11. The average molecular weight is 255 g/mol. The van der Waals surface area contributed by atoms with Gasteiger partial charge in [0.05, 0.1) is 11.4 Å². The van der Waals surface area contributed by atoms with E-state index in [1.807, 2.05) is 19.1 Å². The monoisotopic (exact) mass is 255 g/mol. The van der Waals surface area contributed by atoms with E-state index in [1.54, 1.807) is 11.6 Å². The maximum Gasteiger partial charge on any atom is 0.177 e. The summed E-state index contributed by atoms with van der Waals surface area (Å²) in [5.41, 5.74) is 7.46. The molecule has 0 amide bonds. The number of nitrogens with two attached hydrogens (primary N) is 1. The molecule has 2 heterocycles. The summed E-state index contributed by atoms with van der Waals surface area (Å²) in [5, 5.41) is 22.4. The van der Waals surface area contributed by atoms with Crippen LogP contribution in [0.4, 0.5) is 5.69 Å². The molecule has 0 aliphatic heterocycles. The lowest BCUT2D eigenvalue weighted by atomic mass is 10.3. The molecule has 0 spiro atoms. The highest BCUT2D eigenvalue weighted by Gasteiger charge is 2.19. The minimum Gasteiger partial charge on any atom is -0.394 e. The van der Waals surface area contributed by atoms with Crippen LogP contribution >= 0.6 is 0 Å². The highest BCUT2D eigenvalue weighted by molar-refractivity contribution is 5.59. The van der Waals surface area contributed by atoms with Crippen molar-refractivity contribution in [3.8, 4) is 18.0 Å². The van der Waals surface area contributed by atoms with Gasteiger partial charge in [0.2, 0.25) is 0 Å². The van der Waals surface area contributed by atoms with E-state index >= 15 is 0 Å². The number of hydrogen-bond acceptors (Lipinski definition) is 5. The molecule has 2 aromatic heterocycles. The summed E-state index contributed by atoms with van der Waals surface area (Å²) in [6.45, 7) is 4.51. The van der Waals surface area contributed by atoms with Gasteiger partial charge >= 0.3 is 0 Å². The first-order valence-corrected chi connectivity index (χ1v) is 5.84. The SMILES string of the molecule is CCCn1nc(C)c(N)c1-n1cnc(C#N)c1C#N. The highest BCUT2D eigenvalue weighted by Crippen LogP contribution is 2.23. The van der Waals surface area contributed by atoms with Crippen LogP contribution in [0.1, 0.15) is 30.4 Å². The normalized spacial score (nSPS) is 10.1. The Balaban J connectivity index is 2.69. The second-order valence-corrected chi connectivity index (χ2v) is 4.08. The number of aryl methyl sites for hydroxylation is 2. The molecule has 2 aromatic rings. The molecule has 0 radical (unpaired) electrons. The van der Waals surface area contributed by atoms with Crippen molar-refractivity contribution in [3.05, 3.63) is 23.4 Å². The highest BCUT2D eigenvalue weighted by atomic mass is 15.4. The van der Waals surface area contributed by atoms with Gasteiger partial charge in [0.1, 0.15) is 18.5 Å². The fourth-order valence-electron chi connectivity index (χ4n) is 1.90. The lowest BCUT2D eigenvalue weighted by Crippen LogP contribution is -2.09. The summed E-state index contributed by atoms with van der Waals surface area (Å²) in [4.78, 5) is 3.92. The lowest BCUT2D eigenvalue weighted by molar-refractivity contribution is 0.583. The van der Waals surface area contributed by atoms with E-state index in [0.717, 1.165) is 6.42 Å². The number of rotatable bonds is 3. The van der Waals surface area contributed by atoms with Crippen molar-refractivity contribution in [2.45, 2.75) is 26.8 Å². The van der Waals surface area contributed by atoms with Crippen LogP contribution in [-0.4, -0.2) is 19.3 Å². The summed E-state index contributed by atoms with van der Waals surface area (Å²) in [7, 11) is 0. The number of aromatic nitrogens is 4. The molecule has 2 rings (SSSR count). The van der Waals surface area contributed by atoms with Crippen LogP contribution in [-0.2, 0) is 6.54 Å². The van der Waals surface area contributed by atoms with Gasteiger partial charge in [-0.3, -0.25) is 4.57 Å². The Kier molecular flexibility index (Phi) is 3.21. The molecule has 0 aromatic carbocycles. The number of imidazole rings is 1. The molecular weight excluding hydrogens is 242 g/mol. The molecule has 0 aliphatic rings. The smallest absolute Gasteiger partial charge is 0.177 e. The molecular formula is C12H13N7. The Morgan fingerprint density at radius 2 is 2.11 bits per heavy atom.